The first-order valence-corrected chi connectivity index (χ1v) is 26.1. The van der Waals surface area contributed by atoms with Crippen molar-refractivity contribution in [2.45, 2.75) is 205 Å². The molecule has 0 radical (unpaired) electrons. The summed E-state index contributed by atoms with van der Waals surface area (Å²) < 4.78 is 34.6. The lowest BCUT2D eigenvalue weighted by molar-refractivity contribution is -0.299. The lowest BCUT2D eigenvalue weighted by atomic mass is 9.46. The lowest BCUT2D eigenvalue weighted by Gasteiger charge is -2.60. The second-order valence-corrected chi connectivity index (χ2v) is 24.0. The number of aliphatic hydroxyl groups excluding tert-OH is 4. The molecule has 0 spiro atoms. The van der Waals surface area contributed by atoms with E-state index in [1.54, 1.807) is 33.8 Å². The van der Waals surface area contributed by atoms with Crippen molar-refractivity contribution < 1.29 is 68.7 Å². The maximum atomic E-state index is 16.0. The first kappa shape index (κ1) is 56.9. The molecule has 17 heteroatoms. The Morgan fingerprint density at radius 2 is 1.61 bits per heavy atom. The molecule has 0 bridgehead atoms. The van der Waals surface area contributed by atoms with Crippen LogP contribution in [0.3, 0.4) is 0 Å². The number of nitrogens with zero attached hydrogens (tertiary/aromatic N) is 2. The first-order valence-electron chi connectivity index (χ1n) is 26.1. The van der Waals surface area contributed by atoms with E-state index in [4.69, 9.17) is 14.2 Å². The van der Waals surface area contributed by atoms with Gasteiger partial charge in [-0.1, -0.05) is 47.6 Å². The zero-order chi connectivity index (χ0) is 52.4. The fourth-order valence-electron chi connectivity index (χ4n) is 14.7. The van der Waals surface area contributed by atoms with Crippen molar-refractivity contribution >= 4 is 17.7 Å². The number of nitrogens with one attached hydrogen (secondary N) is 1. The van der Waals surface area contributed by atoms with Crippen LogP contribution in [0.5, 0.6) is 0 Å². The summed E-state index contributed by atoms with van der Waals surface area (Å²) in [6.07, 6.45) is -3.93. The number of ether oxygens (including phenoxy) is 3. The average Bonchev–Trinajstić information content (AvgIpc) is 3.48. The third kappa shape index (κ3) is 10.2. The zero-order valence-electron chi connectivity index (χ0n) is 44.0. The molecule has 3 saturated carbocycles. The van der Waals surface area contributed by atoms with Crippen molar-refractivity contribution in [3.05, 3.63) is 23.8 Å². The highest BCUT2D eigenvalue weighted by Crippen LogP contribution is 2.68. The van der Waals surface area contributed by atoms with Gasteiger partial charge in [-0.3, -0.25) is 19.3 Å². The summed E-state index contributed by atoms with van der Waals surface area (Å²) in [6.45, 7) is 19.6. The Bertz CT molecular complexity index is 1950. The molecule has 70 heavy (non-hydrogen) atoms. The average molecular weight is 994 g/mol. The molecule has 6 aliphatic rings. The third-order valence-electron chi connectivity index (χ3n) is 18.6. The van der Waals surface area contributed by atoms with E-state index in [0.29, 0.717) is 24.8 Å². The highest BCUT2D eigenvalue weighted by molar-refractivity contribution is 6.01. The normalized spacial score (nSPS) is 49.7. The summed E-state index contributed by atoms with van der Waals surface area (Å²) >= 11 is 0. The summed E-state index contributed by atoms with van der Waals surface area (Å²) in [5, 5.41) is 87.3. The van der Waals surface area contributed by atoms with E-state index >= 15 is 4.39 Å². The van der Waals surface area contributed by atoms with Gasteiger partial charge in [0.15, 0.2) is 17.7 Å². The van der Waals surface area contributed by atoms with Crippen LogP contribution in [0.25, 0.3) is 0 Å². The van der Waals surface area contributed by atoms with Gasteiger partial charge in [0, 0.05) is 54.4 Å². The minimum Gasteiger partial charge on any atom is -0.459 e. The van der Waals surface area contributed by atoms with E-state index in [0.717, 1.165) is 0 Å². The molecule has 16 nitrogen and oxygen atoms in total. The number of fused-ring (bicyclic) bond motifs is 5. The van der Waals surface area contributed by atoms with Gasteiger partial charge in [0.2, 0.25) is 0 Å². The number of ketones is 1. The number of amides is 1. The van der Waals surface area contributed by atoms with Crippen molar-refractivity contribution in [1.29, 1.82) is 0 Å². The Balaban J connectivity index is 1.22. The van der Waals surface area contributed by atoms with E-state index < -0.39 is 118 Å². The summed E-state index contributed by atoms with van der Waals surface area (Å²) in [5.74, 6) is -5.63. The quantitative estimate of drug-likeness (QED) is 0.122. The molecule has 0 aromatic carbocycles. The molecule has 5 fully saturated rings. The predicted octanol–water partition coefficient (Wildman–Crippen LogP) is 3.06. The molecular formula is C53H88FN3O13. The highest BCUT2D eigenvalue weighted by atomic mass is 19.1. The number of hydrogen-bond acceptors (Lipinski definition) is 15. The lowest BCUT2D eigenvalue weighted by Crippen LogP contribution is -2.65. The number of aliphatic hydroxyl groups is 7. The minimum absolute atomic E-state index is 0.0826. The van der Waals surface area contributed by atoms with E-state index in [1.165, 1.54) is 26.0 Å². The fraction of sp³-hybridized carbons (Fsp3) is 0.868. The third-order valence-corrected chi connectivity index (χ3v) is 18.6. The minimum atomic E-state index is -1.96. The Hall–Kier alpha value is -2.42. The number of cyclic esters (lactones) is 1. The van der Waals surface area contributed by atoms with Gasteiger partial charge in [-0.2, -0.15) is 0 Å². The number of likely N-dealkylation sites (N-methyl/N-ethyl adjacent to an activating group) is 1. The number of esters is 1. The summed E-state index contributed by atoms with van der Waals surface area (Å²) in [6, 6.07) is -1.09. The SMILES string of the molecule is CC[C@H]1OC(=O)[C@H](C)[C@@H](O)[C@H](C)C(O[C@@H]2O[C@H](C)C[C@@H](N(C)C)C2O)[C@](C)(O)C[C@@H](C)CN(CCCNC(=O)[C@@]2(O)[C@H](C)CC3C4C[C@H](F)C5=CC(=O)C=C[C@]5(C)C4[C@@H](O)C[C@@]32C)[C@H](C)[C@@H](O)[C@]1(C)O. The van der Waals surface area contributed by atoms with Gasteiger partial charge in [-0.15, -0.1) is 0 Å². The number of carbonyl (C=O) groups excluding carboxylic acids is 3. The second-order valence-electron chi connectivity index (χ2n) is 24.0. The monoisotopic (exact) mass is 994 g/mol. The van der Waals surface area contributed by atoms with Crippen molar-refractivity contribution in [3.63, 3.8) is 0 Å². The van der Waals surface area contributed by atoms with Gasteiger partial charge in [0.1, 0.15) is 30.1 Å². The van der Waals surface area contributed by atoms with Crippen LogP contribution < -0.4 is 5.32 Å². The standard InChI is InChI=1S/C53H88FN3O13/c1-14-40-52(11,66)44(62)32(7)57(26-27(2)24-51(10,65)45(30(5)42(60)31(6)46(63)69-40)70-47-43(61)38(56(12)13)21-29(4)68-47)19-15-18-55-48(64)53(67)28(3)20-35-34-23-37(54)36-22-33(58)16-17-49(36,8)41(34)39(59)25-50(35,53)9/h16-17,22,27-32,34-35,37-45,47,59-62,65-67H,14-15,18-21,23-26H2,1-13H3,(H,55,64)/t27-,28-,29-,30+,31-,32-,34?,35?,37+,38-,39+,40-,41?,42+,43?,44-,45?,47+,49+,50+,51-,52-,53+/m1/s1. The van der Waals surface area contributed by atoms with Crippen LogP contribution in [0.4, 0.5) is 4.39 Å². The maximum Gasteiger partial charge on any atom is 0.311 e. The van der Waals surface area contributed by atoms with Gasteiger partial charge in [-0.25, -0.2) is 4.39 Å². The Labute approximate surface area is 415 Å². The molecular weight excluding hydrogens is 906 g/mol. The number of rotatable bonds is 9. The van der Waals surface area contributed by atoms with E-state index in [1.807, 2.05) is 58.5 Å². The van der Waals surface area contributed by atoms with Crippen LogP contribution in [-0.2, 0) is 28.6 Å². The zero-order valence-corrected chi connectivity index (χ0v) is 44.0. The Morgan fingerprint density at radius 1 is 0.957 bits per heavy atom. The molecule has 4 aliphatic carbocycles. The Morgan fingerprint density at radius 3 is 2.24 bits per heavy atom. The first-order chi connectivity index (χ1) is 32.4. The van der Waals surface area contributed by atoms with Gasteiger partial charge in [0.05, 0.1) is 35.9 Å². The number of alkyl halides is 1. The molecule has 2 saturated heterocycles. The van der Waals surface area contributed by atoms with Crippen LogP contribution in [0.2, 0.25) is 0 Å². The molecule has 6 rings (SSSR count). The maximum absolute atomic E-state index is 16.0. The van der Waals surface area contributed by atoms with Gasteiger partial charge in [-0.05, 0) is 135 Å². The molecule has 1 amide bonds. The van der Waals surface area contributed by atoms with Crippen LogP contribution in [0, 0.1) is 52.3 Å². The van der Waals surface area contributed by atoms with Crippen LogP contribution >= 0.6 is 0 Å². The van der Waals surface area contributed by atoms with Crippen molar-refractivity contribution in [3.8, 4) is 0 Å². The number of carbonyl (C=O) groups is 3. The number of allylic oxidation sites excluding steroid dienone is 4. The van der Waals surface area contributed by atoms with Crippen LogP contribution in [-0.4, -0.2) is 181 Å². The predicted molar refractivity (Wildman–Crippen MR) is 259 cm³/mol. The van der Waals surface area contributed by atoms with Crippen LogP contribution in [0.1, 0.15) is 121 Å². The van der Waals surface area contributed by atoms with Gasteiger partial charge < -0.3 is 60.2 Å². The molecule has 2 aliphatic heterocycles. The van der Waals surface area contributed by atoms with Crippen molar-refractivity contribution in [1.82, 2.24) is 15.1 Å². The van der Waals surface area contributed by atoms with E-state index in [-0.39, 0.29) is 81.0 Å². The summed E-state index contributed by atoms with van der Waals surface area (Å²) in [7, 11) is 3.70. The Kier molecular flexibility index (Phi) is 17.1. The molecule has 2 heterocycles. The topological polar surface area (TPSA) is 239 Å². The smallest absolute Gasteiger partial charge is 0.311 e. The van der Waals surface area contributed by atoms with Crippen molar-refractivity contribution in [2.75, 3.05) is 33.7 Å². The second kappa shape index (κ2) is 21.1. The van der Waals surface area contributed by atoms with Crippen LogP contribution in [0.15, 0.2) is 23.8 Å². The van der Waals surface area contributed by atoms with Gasteiger partial charge in [0.25, 0.3) is 5.91 Å². The fourth-order valence-corrected chi connectivity index (χ4v) is 14.7. The van der Waals surface area contributed by atoms with E-state index in [2.05, 4.69) is 5.32 Å². The number of halogens is 1. The number of hydrogen-bond donors (Lipinski definition) is 8. The highest BCUT2D eigenvalue weighted by Gasteiger charge is 2.71. The molecule has 5 unspecified atom stereocenters. The van der Waals surface area contributed by atoms with Gasteiger partial charge >= 0.3 is 5.97 Å². The molecule has 0 aromatic rings. The molecule has 8 N–H and O–H groups in total. The van der Waals surface area contributed by atoms with Crippen molar-refractivity contribution in [2.24, 2.45) is 52.3 Å². The summed E-state index contributed by atoms with van der Waals surface area (Å²) in [5.41, 5.74) is -7.13. The molecule has 23 atom stereocenters. The summed E-state index contributed by atoms with van der Waals surface area (Å²) in [4.78, 5) is 44.4. The molecule has 400 valence electrons. The van der Waals surface area contributed by atoms with E-state index in [9.17, 15) is 50.1 Å². The largest absolute Gasteiger partial charge is 0.459 e. The molecule has 0 aromatic heterocycles.